The fraction of sp³-hybridized carbons (Fsp3) is 1.00. The molecule has 2 fully saturated rings. The van der Waals surface area contributed by atoms with E-state index in [1.807, 2.05) is 0 Å². The molecular formula is C13H26N2O. The number of hydrogen-bond acceptors (Lipinski definition) is 3. The first-order valence-corrected chi connectivity index (χ1v) is 6.66. The summed E-state index contributed by atoms with van der Waals surface area (Å²) in [5.74, 6) is 0. The minimum Gasteiger partial charge on any atom is -0.378 e. The fourth-order valence-electron chi connectivity index (χ4n) is 3.53. The molecule has 3 nitrogen and oxygen atoms in total. The van der Waals surface area contributed by atoms with Crippen LogP contribution in [-0.4, -0.2) is 42.3 Å². The summed E-state index contributed by atoms with van der Waals surface area (Å²) in [6.07, 6.45) is 6.60. The molecule has 1 aliphatic carbocycles. The topological polar surface area (TPSA) is 38.5 Å². The van der Waals surface area contributed by atoms with Crippen LogP contribution in [0.5, 0.6) is 0 Å². The molecule has 0 radical (unpaired) electrons. The maximum Gasteiger partial charge on any atom is 0.0645 e. The van der Waals surface area contributed by atoms with Gasteiger partial charge in [0, 0.05) is 24.2 Å². The highest BCUT2D eigenvalue weighted by atomic mass is 16.5. The molecule has 1 aliphatic heterocycles. The molecule has 2 rings (SSSR count). The summed E-state index contributed by atoms with van der Waals surface area (Å²) >= 11 is 0. The van der Waals surface area contributed by atoms with Crippen LogP contribution in [0.1, 0.15) is 46.0 Å². The van der Waals surface area contributed by atoms with Crippen LogP contribution in [0.15, 0.2) is 0 Å². The van der Waals surface area contributed by atoms with E-state index in [1.165, 1.54) is 32.1 Å². The summed E-state index contributed by atoms with van der Waals surface area (Å²) in [6.45, 7) is 8.14. The average Bonchev–Trinajstić information content (AvgIpc) is 2.29. The third-order valence-electron chi connectivity index (χ3n) is 4.38. The first-order chi connectivity index (χ1) is 7.61. The summed E-state index contributed by atoms with van der Waals surface area (Å²) in [4.78, 5) is 2.64. The van der Waals surface area contributed by atoms with Crippen LogP contribution in [0.25, 0.3) is 0 Å². The SMILES string of the molecule is CC1(C)COCCN1C1(CN)CCCCC1. The summed E-state index contributed by atoms with van der Waals surface area (Å²) in [5.41, 5.74) is 6.51. The standard InChI is InChI=1S/C13H26N2O/c1-12(2)11-16-9-8-15(12)13(10-14)6-4-3-5-7-13/h3-11,14H2,1-2H3. The lowest BCUT2D eigenvalue weighted by Gasteiger charge is -2.55. The van der Waals surface area contributed by atoms with E-state index in [9.17, 15) is 0 Å². The van der Waals surface area contributed by atoms with Crippen molar-refractivity contribution >= 4 is 0 Å². The Balaban J connectivity index is 2.18. The Morgan fingerprint density at radius 1 is 1.19 bits per heavy atom. The maximum atomic E-state index is 6.11. The van der Waals surface area contributed by atoms with Crippen LogP contribution in [0, 0.1) is 0 Å². The molecule has 3 heteroatoms. The Morgan fingerprint density at radius 2 is 1.88 bits per heavy atom. The number of rotatable bonds is 2. The van der Waals surface area contributed by atoms with Crippen LogP contribution in [0.2, 0.25) is 0 Å². The van der Waals surface area contributed by atoms with E-state index < -0.39 is 0 Å². The monoisotopic (exact) mass is 226 g/mol. The van der Waals surface area contributed by atoms with Crippen molar-refractivity contribution in [3.63, 3.8) is 0 Å². The second kappa shape index (κ2) is 4.63. The molecule has 1 heterocycles. The van der Waals surface area contributed by atoms with Crippen molar-refractivity contribution in [3.05, 3.63) is 0 Å². The van der Waals surface area contributed by atoms with Gasteiger partial charge in [-0.3, -0.25) is 4.90 Å². The fourth-order valence-corrected chi connectivity index (χ4v) is 3.53. The van der Waals surface area contributed by atoms with Gasteiger partial charge >= 0.3 is 0 Å². The van der Waals surface area contributed by atoms with Gasteiger partial charge in [0.25, 0.3) is 0 Å². The van der Waals surface area contributed by atoms with Gasteiger partial charge < -0.3 is 10.5 Å². The van der Waals surface area contributed by atoms with Crippen LogP contribution in [0.4, 0.5) is 0 Å². The molecule has 0 aromatic carbocycles. The molecule has 1 saturated carbocycles. The molecular weight excluding hydrogens is 200 g/mol. The van der Waals surface area contributed by atoms with E-state index in [-0.39, 0.29) is 11.1 Å². The van der Waals surface area contributed by atoms with Crippen molar-refractivity contribution in [1.29, 1.82) is 0 Å². The smallest absolute Gasteiger partial charge is 0.0645 e. The molecule has 2 aliphatic rings. The van der Waals surface area contributed by atoms with E-state index in [0.717, 1.165) is 26.3 Å². The highest BCUT2D eigenvalue weighted by Gasteiger charge is 2.45. The van der Waals surface area contributed by atoms with E-state index in [1.54, 1.807) is 0 Å². The Hall–Kier alpha value is -0.120. The molecule has 0 atom stereocenters. The van der Waals surface area contributed by atoms with E-state index in [4.69, 9.17) is 10.5 Å². The van der Waals surface area contributed by atoms with Gasteiger partial charge in [0.05, 0.1) is 13.2 Å². The predicted molar refractivity (Wildman–Crippen MR) is 66.5 cm³/mol. The lowest BCUT2D eigenvalue weighted by atomic mass is 9.77. The van der Waals surface area contributed by atoms with Crippen LogP contribution in [0.3, 0.4) is 0 Å². The van der Waals surface area contributed by atoms with Gasteiger partial charge in [0.2, 0.25) is 0 Å². The molecule has 94 valence electrons. The summed E-state index contributed by atoms with van der Waals surface area (Å²) in [6, 6.07) is 0. The van der Waals surface area contributed by atoms with Gasteiger partial charge in [-0.15, -0.1) is 0 Å². The second-order valence-electron chi connectivity index (χ2n) is 6.01. The highest BCUT2D eigenvalue weighted by Crippen LogP contribution is 2.38. The summed E-state index contributed by atoms with van der Waals surface area (Å²) in [7, 11) is 0. The number of ether oxygens (including phenoxy) is 1. The molecule has 2 N–H and O–H groups in total. The zero-order valence-electron chi connectivity index (χ0n) is 10.8. The molecule has 0 amide bonds. The quantitative estimate of drug-likeness (QED) is 0.780. The second-order valence-corrected chi connectivity index (χ2v) is 6.01. The predicted octanol–water partition coefficient (Wildman–Crippen LogP) is 1.76. The zero-order valence-corrected chi connectivity index (χ0v) is 10.8. The number of hydrogen-bond donors (Lipinski definition) is 1. The Morgan fingerprint density at radius 3 is 2.44 bits per heavy atom. The molecule has 0 spiro atoms. The minimum absolute atomic E-state index is 0.148. The molecule has 0 aromatic heterocycles. The van der Waals surface area contributed by atoms with Crippen molar-refractivity contribution in [3.8, 4) is 0 Å². The van der Waals surface area contributed by atoms with Crippen LogP contribution in [-0.2, 0) is 4.74 Å². The van der Waals surface area contributed by atoms with E-state index in [2.05, 4.69) is 18.7 Å². The van der Waals surface area contributed by atoms with E-state index in [0.29, 0.717) is 0 Å². The van der Waals surface area contributed by atoms with Gasteiger partial charge in [-0.1, -0.05) is 19.3 Å². The lowest BCUT2D eigenvalue weighted by molar-refractivity contribution is -0.113. The van der Waals surface area contributed by atoms with E-state index >= 15 is 0 Å². The van der Waals surface area contributed by atoms with Gasteiger partial charge in [0.1, 0.15) is 0 Å². The Bertz CT molecular complexity index is 234. The van der Waals surface area contributed by atoms with Gasteiger partial charge in [-0.2, -0.15) is 0 Å². The maximum absolute atomic E-state index is 6.11. The third kappa shape index (κ3) is 2.13. The Kier molecular flexibility index (Phi) is 3.57. The first-order valence-electron chi connectivity index (χ1n) is 6.66. The molecule has 0 aromatic rings. The number of nitrogens with two attached hydrogens (primary N) is 1. The number of nitrogens with zero attached hydrogens (tertiary/aromatic N) is 1. The van der Waals surface area contributed by atoms with Gasteiger partial charge in [-0.25, -0.2) is 0 Å². The molecule has 1 saturated heterocycles. The highest BCUT2D eigenvalue weighted by molar-refractivity contribution is 5.01. The average molecular weight is 226 g/mol. The lowest BCUT2D eigenvalue weighted by Crippen LogP contribution is -2.66. The minimum atomic E-state index is 0.148. The van der Waals surface area contributed by atoms with Crippen molar-refractivity contribution in [1.82, 2.24) is 4.90 Å². The first kappa shape index (κ1) is 12.3. The largest absolute Gasteiger partial charge is 0.378 e. The van der Waals surface area contributed by atoms with Gasteiger partial charge in [0.15, 0.2) is 0 Å². The normalized spacial score (nSPS) is 30.2. The molecule has 16 heavy (non-hydrogen) atoms. The van der Waals surface area contributed by atoms with Crippen molar-refractivity contribution in [2.24, 2.45) is 5.73 Å². The van der Waals surface area contributed by atoms with Gasteiger partial charge in [-0.05, 0) is 26.7 Å². The summed E-state index contributed by atoms with van der Waals surface area (Å²) in [5, 5.41) is 0. The molecule has 0 bridgehead atoms. The molecule has 0 unspecified atom stereocenters. The zero-order chi connectivity index (χ0) is 11.6. The van der Waals surface area contributed by atoms with Crippen LogP contribution < -0.4 is 5.73 Å². The summed E-state index contributed by atoms with van der Waals surface area (Å²) < 4.78 is 5.61. The van der Waals surface area contributed by atoms with Crippen molar-refractivity contribution in [2.75, 3.05) is 26.3 Å². The Labute approximate surface area is 99.3 Å². The van der Waals surface area contributed by atoms with Crippen molar-refractivity contribution in [2.45, 2.75) is 57.0 Å². The number of morpholine rings is 1. The van der Waals surface area contributed by atoms with Crippen molar-refractivity contribution < 1.29 is 4.74 Å². The van der Waals surface area contributed by atoms with Crippen LogP contribution >= 0.6 is 0 Å². The third-order valence-corrected chi connectivity index (χ3v) is 4.38.